The van der Waals surface area contributed by atoms with Crippen LogP contribution in [0.5, 0.6) is 0 Å². The van der Waals surface area contributed by atoms with E-state index in [2.05, 4.69) is 11.2 Å². The van der Waals surface area contributed by atoms with Gasteiger partial charge >= 0.3 is 6.09 Å². The van der Waals surface area contributed by atoms with E-state index in [0.29, 0.717) is 0 Å². The maximum Gasteiger partial charge on any atom is 0.410 e. The van der Waals surface area contributed by atoms with Gasteiger partial charge in [-0.2, -0.15) is 0 Å². The van der Waals surface area contributed by atoms with E-state index in [1.165, 1.54) is 0 Å². The number of hydrogen-bond donors (Lipinski definition) is 1. The van der Waals surface area contributed by atoms with Gasteiger partial charge in [0.1, 0.15) is 0 Å². The first kappa shape index (κ1) is 14.0. The molecule has 5 heteroatoms. The fourth-order valence-corrected chi connectivity index (χ4v) is 1.80. The molecule has 0 aliphatic carbocycles. The highest BCUT2D eigenvalue weighted by molar-refractivity contribution is 5.68. The molecule has 0 bridgehead atoms. The zero-order valence-electron chi connectivity index (χ0n) is 11.2. The summed E-state index contributed by atoms with van der Waals surface area (Å²) in [5.41, 5.74) is 0.910. The third-order valence-corrected chi connectivity index (χ3v) is 2.72. The van der Waals surface area contributed by atoms with Crippen LogP contribution >= 0.6 is 0 Å². The Balaban J connectivity index is 1.99. The highest BCUT2D eigenvalue weighted by atomic mass is 16.7. The number of para-hydroxylation sites is 1. The van der Waals surface area contributed by atoms with Crippen molar-refractivity contribution in [2.45, 2.75) is 19.2 Å². The van der Waals surface area contributed by atoms with Crippen molar-refractivity contribution < 1.29 is 14.4 Å². The quantitative estimate of drug-likeness (QED) is 0.676. The number of carbonyl (C=O) groups excluding carboxylic acids is 1. The Bertz CT molecular complexity index is 522. The number of terminal acetylenes is 1. The van der Waals surface area contributed by atoms with E-state index in [0.717, 1.165) is 5.69 Å². The molecule has 104 valence electrons. The number of alkyl carbamates (subject to hydrolysis) is 1. The molecule has 0 spiro atoms. The number of rotatable bonds is 3. The van der Waals surface area contributed by atoms with Crippen LogP contribution in [0.3, 0.4) is 0 Å². The summed E-state index contributed by atoms with van der Waals surface area (Å²) >= 11 is 0. The second kappa shape index (κ2) is 6.64. The van der Waals surface area contributed by atoms with Crippen molar-refractivity contribution in [1.29, 1.82) is 0 Å². The number of amides is 1. The van der Waals surface area contributed by atoms with Crippen LogP contribution in [0.4, 0.5) is 10.5 Å². The van der Waals surface area contributed by atoms with E-state index >= 15 is 0 Å². The van der Waals surface area contributed by atoms with Crippen LogP contribution in [-0.2, 0) is 9.57 Å². The molecule has 5 nitrogen and oxygen atoms in total. The van der Waals surface area contributed by atoms with Crippen molar-refractivity contribution in [1.82, 2.24) is 5.32 Å². The lowest BCUT2D eigenvalue weighted by Crippen LogP contribution is -2.46. The molecule has 0 aromatic heterocycles. The summed E-state index contributed by atoms with van der Waals surface area (Å²) in [4.78, 5) is 17.2. The van der Waals surface area contributed by atoms with Crippen LogP contribution in [0, 0.1) is 12.3 Å². The molecular formula is C15H16N2O3. The van der Waals surface area contributed by atoms with Crippen molar-refractivity contribution in [3.63, 3.8) is 0 Å². The van der Waals surface area contributed by atoms with Crippen molar-refractivity contribution in [2.75, 3.05) is 11.7 Å². The third kappa shape index (κ3) is 3.53. The molecule has 2 rings (SSSR count). The van der Waals surface area contributed by atoms with Crippen molar-refractivity contribution in [3.8, 4) is 12.3 Å². The molecule has 0 radical (unpaired) electrons. The minimum absolute atomic E-state index is 0.0668. The summed E-state index contributed by atoms with van der Waals surface area (Å²) in [7, 11) is 0. The SMILES string of the molecule is C#CCOC(=O)NC1C=CC(C)N(c2ccccc2)O1. The van der Waals surface area contributed by atoms with Gasteiger partial charge in [0.05, 0.1) is 11.7 Å². The minimum Gasteiger partial charge on any atom is -0.436 e. The lowest BCUT2D eigenvalue weighted by atomic mass is 10.2. The Morgan fingerprint density at radius 3 is 2.90 bits per heavy atom. The molecule has 1 heterocycles. The molecule has 20 heavy (non-hydrogen) atoms. The number of hydroxylamine groups is 1. The summed E-state index contributed by atoms with van der Waals surface area (Å²) < 4.78 is 4.74. The van der Waals surface area contributed by atoms with E-state index in [1.54, 1.807) is 11.1 Å². The van der Waals surface area contributed by atoms with Gasteiger partial charge in [-0.3, -0.25) is 5.32 Å². The first-order chi connectivity index (χ1) is 9.70. The van der Waals surface area contributed by atoms with E-state index in [4.69, 9.17) is 16.0 Å². The van der Waals surface area contributed by atoms with E-state index < -0.39 is 12.3 Å². The molecule has 2 unspecified atom stereocenters. The van der Waals surface area contributed by atoms with Crippen molar-refractivity contribution in [2.24, 2.45) is 0 Å². The lowest BCUT2D eigenvalue weighted by Gasteiger charge is -2.34. The summed E-state index contributed by atoms with van der Waals surface area (Å²) in [6, 6.07) is 9.71. The van der Waals surface area contributed by atoms with Crippen molar-refractivity contribution in [3.05, 3.63) is 42.5 Å². The van der Waals surface area contributed by atoms with Gasteiger partial charge in [0.15, 0.2) is 12.8 Å². The molecule has 0 fully saturated rings. The third-order valence-electron chi connectivity index (χ3n) is 2.72. The fourth-order valence-electron chi connectivity index (χ4n) is 1.80. The van der Waals surface area contributed by atoms with Gasteiger partial charge in [0, 0.05) is 0 Å². The zero-order valence-corrected chi connectivity index (χ0v) is 11.2. The Labute approximate surface area is 118 Å². The summed E-state index contributed by atoms with van der Waals surface area (Å²) in [6.45, 7) is 1.93. The number of carbonyl (C=O) groups is 1. The minimum atomic E-state index is -0.611. The molecule has 1 N–H and O–H groups in total. The average molecular weight is 272 g/mol. The number of anilines is 1. The van der Waals surface area contributed by atoms with Gasteiger partial charge in [-0.05, 0) is 25.1 Å². The van der Waals surface area contributed by atoms with Gasteiger partial charge < -0.3 is 4.74 Å². The largest absolute Gasteiger partial charge is 0.436 e. The first-order valence-electron chi connectivity index (χ1n) is 6.27. The van der Waals surface area contributed by atoms with Crippen LogP contribution < -0.4 is 10.4 Å². The molecule has 1 aliphatic rings. The standard InChI is InChI=1S/C15H16N2O3/c1-3-11-19-15(18)16-14-10-9-12(2)17(20-14)13-7-5-4-6-8-13/h1,4-10,12,14H,11H2,2H3,(H,16,18). The predicted octanol–water partition coefficient (Wildman–Crippen LogP) is 2.07. The first-order valence-corrected chi connectivity index (χ1v) is 6.27. The van der Waals surface area contributed by atoms with Crippen LogP contribution in [0.2, 0.25) is 0 Å². The Morgan fingerprint density at radius 1 is 1.45 bits per heavy atom. The number of nitrogens with zero attached hydrogens (tertiary/aromatic N) is 1. The second-order valence-corrected chi connectivity index (χ2v) is 4.24. The van der Waals surface area contributed by atoms with Crippen LogP contribution in [-0.4, -0.2) is 25.0 Å². The fraction of sp³-hybridized carbons (Fsp3) is 0.267. The normalized spacial score (nSPS) is 21.1. The van der Waals surface area contributed by atoms with Gasteiger partial charge in [-0.25, -0.2) is 14.7 Å². The maximum atomic E-state index is 11.4. The molecule has 1 aromatic rings. The summed E-state index contributed by atoms with van der Waals surface area (Å²) in [5.74, 6) is 2.23. The number of benzene rings is 1. The number of ether oxygens (including phenoxy) is 1. The second-order valence-electron chi connectivity index (χ2n) is 4.24. The molecular weight excluding hydrogens is 256 g/mol. The summed E-state index contributed by atoms with van der Waals surface area (Å²) in [6.07, 6.45) is 7.53. The van der Waals surface area contributed by atoms with Crippen molar-refractivity contribution >= 4 is 11.8 Å². The monoisotopic (exact) mass is 272 g/mol. The van der Waals surface area contributed by atoms with E-state index in [9.17, 15) is 4.79 Å². The topological polar surface area (TPSA) is 50.8 Å². The molecule has 0 saturated carbocycles. The van der Waals surface area contributed by atoms with E-state index in [1.807, 2.05) is 43.3 Å². The van der Waals surface area contributed by atoms with Gasteiger partial charge in [-0.15, -0.1) is 6.42 Å². The van der Waals surface area contributed by atoms with Gasteiger partial charge in [0.2, 0.25) is 0 Å². The number of nitrogens with one attached hydrogen (secondary N) is 1. The molecule has 0 saturated heterocycles. The van der Waals surface area contributed by atoms with Gasteiger partial charge in [-0.1, -0.05) is 30.2 Å². The number of hydrogen-bond acceptors (Lipinski definition) is 4. The molecule has 2 atom stereocenters. The Morgan fingerprint density at radius 2 is 2.20 bits per heavy atom. The molecule has 1 aliphatic heterocycles. The molecule has 1 amide bonds. The zero-order chi connectivity index (χ0) is 14.4. The van der Waals surface area contributed by atoms with Crippen LogP contribution in [0.25, 0.3) is 0 Å². The van der Waals surface area contributed by atoms with Crippen LogP contribution in [0.1, 0.15) is 6.92 Å². The lowest BCUT2D eigenvalue weighted by molar-refractivity contribution is 0.0231. The average Bonchev–Trinajstić information content (AvgIpc) is 2.48. The van der Waals surface area contributed by atoms with E-state index in [-0.39, 0.29) is 12.6 Å². The maximum absolute atomic E-state index is 11.4. The highest BCUT2D eigenvalue weighted by Gasteiger charge is 2.23. The van der Waals surface area contributed by atoms with Crippen LogP contribution in [0.15, 0.2) is 42.5 Å². The Kier molecular flexibility index (Phi) is 4.64. The molecule has 1 aromatic carbocycles. The Hall–Kier alpha value is -2.45. The smallest absolute Gasteiger partial charge is 0.410 e. The highest BCUT2D eigenvalue weighted by Crippen LogP contribution is 2.21. The van der Waals surface area contributed by atoms with Gasteiger partial charge in [0.25, 0.3) is 0 Å². The predicted molar refractivity (Wildman–Crippen MR) is 75.7 cm³/mol. The summed E-state index contributed by atoms with van der Waals surface area (Å²) in [5, 5.41) is 4.29.